The molecule has 0 saturated heterocycles. The lowest BCUT2D eigenvalue weighted by molar-refractivity contribution is -0.145. The number of carboxylic acids is 1. The van der Waals surface area contributed by atoms with Gasteiger partial charge in [-0.2, -0.15) is 13.2 Å². The van der Waals surface area contributed by atoms with Crippen LogP contribution in [0.15, 0.2) is 11.1 Å². The average molecular weight is 449 g/mol. The van der Waals surface area contributed by atoms with Gasteiger partial charge < -0.3 is 9.84 Å². The van der Waals surface area contributed by atoms with E-state index in [-0.39, 0.29) is 0 Å². The third-order valence-corrected chi connectivity index (χ3v) is 5.87. The number of aliphatic carboxylic acids is 1. The minimum Gasteiger partial charge on any atom is -0.481 e. The number of alkyl halides is 3. The molecule has 162 valence electrons. The third-order valence-electron chi connectivity index (χ3n) is 5.53. The first-order valence-corrected chi connectivity index (χ1v) is 8.52. The van der Waals surface area contributed by atoms with Gasteiger partial charge in [0, 0.05) is 18.6 Å². The molecule has 0 radical (unpaired) electrons. The summed E-state index contributed by atoms with van der Waals surface area (Å²) in [5.74, 6) is -10.3. The zero-order valence-electron chi connectivity index (χ0n) is 15.4. The van der Waals surface area contributed by atoms with E-state index in [1.165, 1.54) is 13.8 Å². The van der Waals surface area contributed by atoms with E-state index in [2.05, 4.69) is 4.74 Å². The van der Waals surface area contributed by atoms with Crippen LogP contribution in [-0.4, -0.2) is 24.4 Å². The van der Waals surface area contributed by atoms with Gasteiger partial charge in [0.1, 0.15) is 5.03 Å². The van der Waals surface area contributed by atoms with Gasteiger partial charge in [-0.1, -0.05) is 31.5 Å². The molecule has 0 aromatic heterocycles. The molecular formula is C18H16ClF7O3. The molecule has 1 aliphatic carbocycles. The number of carbonyl (C=O) groups is 1. The zero-order valence-corrected chi connectivity index (χ0v) is 16.1. The largest absolute Gasteiger partial charge is 0.481 e. The number of benzene rings is 1. The van der Waals surface area contributed by atoms with E-state index in [0.717, 1.165) is 7.11 Å². The Labute approximate surface area is 166 Å². The van der Waals surface area contributed by atoms with Crippen LogP contribution in [0, 0.1) is 40.0 Å². The molecule has 1 aromatic carbocycles. The van der Waals surface area contributed by atoms with Crippen molar-refractivity contribution in [2.24, 2.45) is 16.7 Å². The van der Waals surface area contributed by atoms with Crippen molar-refractivity contribution in [1.29, 1.82) is 0 Å². The van der Waals surface area contributed by atoms with Gasteiger partial charge in [0.25, 0.3) is 0 Å². The van der Waals surface area contributed by atoms with Crippen LogP contribution in [0.25, 0.3) is 0 Å². The van der Waals surface area contributed by atoms with Crippen molar-refractivity contribution >= 4 is 17.6 Å². The SMILES string of the molecule is COCc1c(F)c(F)c(CC2(C(=O)O)C(C=C(Cl)C(F)(F)F)C2(C)C)c(F)c1F. The molecule has 0 amide bonds. The summed E-state index contributed by atoms with van der Waals surface area (Å²) in [6, 6.07) is 0. The van der Waals surface area contributed by atoms with E-state index in [0.29, 0.717) is 6.08 Å². The molecule has 29 heavy (non-hydrogen) atoms. The van der Waals surface area contributed by atoms with E-state index in [1.807, 2.05) is 0 Å². The number of carboxylic acid groups (broad SMARTS) is 1. The second kappa shape index (κ2) is 7.46. The van der Waals surface area contributed by atoms with Crippen LogP contribution in [0.3, 0.4) is 0 Å². The Morgan fingerprint density at radius 1 is 1.10 bits per heavy atom. The topological polar surface area (TPSA) is 46.5 Å². The first kappa shape index (κ1) is 23.5. The minimum absolute atomic E-state index is 0.442. The summed E-state index contributed by atoms with van der Waals surface area (Å²) in [4.78, 5) is 11.9. The van der Waals surface area contributed by atoms with E-state index in [1.54, 1.807) is 0 Å². The molecule has 0 spiro atoms. The fourth-order valence-electron chi connectivity index (χ4n) is 3.74. The van der Waals surface area contributed by atoms with Gasteiger partial charge >= 0.3 is 12.1 Å². The van der Waals surface area contributed by atoms with Crippen LogP contribution in [0.2, 0.25) is 0 Å². The van der Waals surface area contributed by atoms with Crippen LogP contribution in [0.5, 0.6) is 0 Å². The second-order valence-corrected chi connectivity index (χ2v) is 7.72. The van der Waals surface area contributed by atoms with Crippen LogP contribution < -0.4 is 0 Å². The Hall–Kier alpha value is -1.81. The number of methoxy groups -OCH3 is 1. The maximum absolute atomic E-state index is 14.4. The quantitative estimate of drug-likeness (QED) is 0.472. The molecule has 0 bridgehead atoms. The summed E-state index contributed by atoms with van der Waals surface area (Å²) in [7, 11) is 1.04. The number of halogens is 8. The lowest BCUT2D eigenvalue weighted by Crippen LogP contribution is -2.26. The third kappa shape index (κ3) is 3.61. The van der Waals surface area contributed by atoms with E-state index >= 15 is 0 Å². The van der Waals surface area contributed by atoms with Crippen molar-refractivity contribution in [1.82, 2.24) is 0 Å². The second-order valence-electron chi connectivity index (χ2n) is 7.31. The van der Waals surface area contributed by atoms with Gasteiger partial charge in [-0.05, 0) is 11.8 Å². The maximum atomic E-state index is 14.4. The number of hydrogen-bond donors (Lipinski definition) is 1. The molecule has 3 nitrogen and oxygen atoms in total. The molecule has 0 heterocycles. The first-order chi connectivity index (χ1) is 13.1. The lowest BCUT2D eigenvalue weighted by Gasteiger charge is -2.18. The summed E-state index contributed by atoms with van der Waals surface area (Å²) >= 11 is 5.18. The fraction of sp³-hybridized carbons (Fsp3) is 0.500. The van der Waals surface area contributed by atoms with Crippen molar-refractivity contribution in [3.8, 4) is 0 Å². The van der Waals surface area contributed by atoms with Gasteiger partial charge in [0.15, 0.2) is 23.3 Å². The Morgan fingerprint density at radius 3 is 1.93 bits per heavy atom. The molecule has 11 heteroatoms. The smallest absolute Gasteiger partial charge is 0.426 e. The molecule has 1 saturated carbocycles. The molecule has 2 rings (SSSR count). The number of rotatable bonds is 6. The molecule has 2 unspecified atom stereocenters. The molecule has 0 aliphatic heterocycles. The number of ether oxygens (including phenoxy) is 1. The Kier molecular flexibility index (Phi) is 6.04. The van der Waals surface area contributed by atoms with Crippen molar-refractivity contribution in [3.05, 3.63) is 45.5 Å². The van der Waals surface area contributed by atoms with Gasteiger partial charge in [-0.15, -0.1) is 0 Å². The Morgan fingerprint density at radius 2 is 1.55 bits per heavy atom. The average Bonchev–Trinajstić information content (AvgIpc) is 3.08. The van der Waals surface area contributed by atoms with E-state index in [4.69, 9.17) is 11.6 Å². The monoisotopic (exact) mass is 448 g/mol. The highest BCUT2D eigenvalue weighted by Gasteiger charge is 2.75. The lowest BCUT2D eigenvalue weighted by atomic mass is 9.87. The normalized spacial score (nSPS) is 24.0. The summed E-state index contributed by atoms with van der Waals surface area (Å²) in [5, 5.41) is 8.04. The summed E-state index contributed by atoms with van der Waals surface area (Å²) in [6.45, 7) is 1.73. The van der Waals surface area contributed by atoms with Gasteiger partial charge in [-0.25, -0.2) is 17.6 Å². The van der Waals surface area contributed by atoms with Crippen molar-refractivity contribution in [2.75, 3.05) is 7.11 Å². The van der Waals surface area contributed by atoms with Crippen LogP contribution >= 0.6 is 11.6 Å². The molecule has 1 aromatic rings. The van der Waals surface area contributed by atoms with Crippen LogP contribution in [-0.2, 0) is 22.6 Å². The molecular weight excluding hydrogens is 433 g/mol. The van der Waals surface area contributed by atoms with Crippen LogP contribution in [0.4, 0.5) is 30.7 Å². The fourth-order valence-corrected chi connectivity index (χ4v) is 3.86. The zero-order chi connectivity index (χ0) is 22.5. The highest BCUT2D eigenvalue weighted by atomic mass is 35.5. The highest BCUT2D eigenvalue weighted by molar-refractivity contribution is 6.30. The van der Waals surface area contributed by atoms with Crippen molar-refractivity contribution in [2.45, 2.75) is 33.1 Å². The molecule has 1 fully saturated rings. The molecule has 2 atom stereocenters. The minimum atomic E-state index is -4.96. The Bertz CT molecular complexity index is 850. The van der Waals surface area contributed by atoms with Gasteiger partial charge in [-0.3, -0.25) is 4.79 Å². The van der Waals surface area contributed by atoms with Crippen molar-refractivity contribution in [3.63, 3.8) is 0 Å². The molecule has 1 N–H and O–H groups in total. The van der Waals surface area contributed by atoms with E-state index < -0.39 is 81.3 Å². The Balaban J connectivity index is 2.60. The molecule has 1 aliphatic rings. The predicted octanol–water partition coefficient (Wildman–Crippen LogP) is 5.34. The standard InChI is InChI=1S/C18H16ClF7O3/c1-16(2)9(4-10(19)18(24,25)26)17(16,15(27)28)5-7-11(20)13(22)8(6-29-3)14(23)12(7)21/h4,9H,5-6H2,1-3H3,(H,27,28). The highest BCUT2D eigenvalue weighted by Crippen LogP contribution is 2.71. The number of allylic oxidation sites excluding steroid dienone is 2. The van der Waals surface area contributed by atoms with Crippen molar-refractivity contribution < 1.29 is 45.4 Å². The maximum Gasteiger partial charge on any atom is 0.426 e. The van der Waals surface area contributed by atoms with Gasteiger partial charge in [0.05, 0.1) is 17.6 Å². The number of hydrogen-bond acceptors (Lipinski definition) is 2. The summed E-state index contributed by atoms with van der Waals surface area (Å²) in [5.41, 5.74) is -5.85. The predicted molar refractivity (Wildman–Crippen MR) is 88.0 cm³/mol. The first-order valence-electron chi connectivity index (χ1n) is 8.15. The van der Waals surface area contributed by atoms with E-state index in [9.17, 15) is 40.6 Å². The van der Waals surface area contributed by atoms with Crippen LogP contribution in [0.1, 0.15) is 25.0 Å². The summed E-state index contributed by atoms with van der Waals surface area (Å²) < 4.78 is 99.9. The van der Waals surface area contributed by atoms with Gasteiger partial charge in [0.2, 0.25) is 0 Å². The summed E-state index contributed by atoms with van der Waals surface area (Å²) in [6.07, 6.45) is -5.60.